The Morgan fingerprint density at radius 1 is 1.00 bits per heavy atom. The number of hydrogen-bond donors (Lipinski definition) is 1. The molecule has 0 spiro atoms. The molecule has 0 saturated heterocycles. The quantitative estimate of drug-likeness (QED) is 0.308. The highest BCUT2D eigenvalue weighted by Gasteiger charge is 2.27. The Labute approximate surface area is 166 Å². The molecule has 8 nitrogen and oxygen atoms in total. The van der Waals surface area contributed by atoms with E-state index in [1.54, 1.807) is 25.1 Å². The Kier molecular flexibility index (Phi) is 4.34. The lowest BCUT2D eigenvalue weighted by Gasteiger charge is -2.07. The first-order valence-corrected chi connectivity index (χ1v) is 9.13. The van der Waals surface area contributed by atoms with Crippen LogP contribution in [0.4, 0.5) is 0 Å². The third-order valence-corrected chi connectivity index (χ3v) is 4.85. The van der Waals surface area contributed by atoms with Crippen LogP contribution >= 0.6 is 0 Å². The Morgan fingerprint density at radius 3 is 2.38 bits per heavy atom. The molecule has 150 valence electrons. The third kappa shape index (κ3) is 3.12. The second kappa shape index (κ2) is 6.73. The number of aromatic hydroxyl groups is 1. The molecule has 2 aromatic carbocycles. The van der Waals surface area contributed by atoms with Crippen LogP contribution in [0.25, 0.3) is 16.7 Å². The number of benzene rings is 2. The van der Waals surface area contributed by atoms with E-state index in [4.69, 9.17) is 9.47 Å². The van der Waals surface area contributed by atoms with Crippen LogP contribution in [0.15, 0.2) is 42.5 Å². The lowest BCUT2D eigenvalue weighted by molar-refractivity contribution is -0.140. The topological polar surface area (TPSA) is 86.6 Å². The van der Waals surface area contributed by atoms with E-state index in [9.17, 15) is 14.7 Å². The number of rotatable bonds is 6. The Bertz CT molecular complexity index is 1260. The van der Waals surface area contributed by atoms with E-state index < -0.39 is 11.9 Å². The normalized spacial score (nSPS) is 11.4. The number of aryl methyl sites for hydroxylation is 2. The van der Waals surface area contributed by atoms with Gasteiger partial charge in [-0.3, -0.25) is 0 Å². The molecule has 0 fully saturated rings. The van der Waals surface area contributed by atoms with E-state index in [-0.39, 0.29) is 19.0 Å². The summed E-state index contributed by atoms with van der Waals surface area (Å²) in [6.45, 7) is 8.91. The first-order chi connectivity index (χ1) is 13.8. The highest BCUT2D eigenvalue weighted by Crippen LogP contribution is 2.32. The first-order valence-electron chi connectivity index (χ1n) is 9.13. The average molecular weight is 395 g/mol. The van der Waals surface area contributed by atoms with Gasteiger partial charge in [-0.15, -0.1) is 14.1 Å². The number of nitrogens with zero attached hydrogens (tertiary/aromatic N) is 3. The molecule has 2 aromatic heterocycles. The number of carbonyl (C=O) groups is 2. The Balaban J connectivity index is 1.49. The van der Waals surface area contributed by atoms with Gasteiger partial charge < -0.3 is 14.6 Å². The van der Waals surface area contributed by atoms with Gasteiger partial charge in [0.2, 0.25) is 0 Å². The van der Waals surface area contributed by atoms with Crippen molar-refractivity contribution >= 4 is 23.0 Å². The molecule has 29 heavy (non-hydrogen) atoms. The highest BCUT2D eigenvalue weighted by atomic mass is 16.6. The summed E-state index contributed by atoms with van der Waals surface area (Å²) in [7, 11) is 0. The molecule has 0 unspecified atom stereocenters. The fourth-order valence-corrected chi connectivity index (χ4v) is 3.10. The van der Waals surface area contributed by atoms with Gasteiger partial charge in [0.15, 0.2) is 0 Å². The smallest absolute Gasteiger partial charge is 0.338 e. The highest BCUT2D eigenvalue weighted by molar-refractivity contribution is 5.94. The summed E-state index contributed by atoms with van der Waals surface area (Å²) in [5, 5.41) is 10.3. The molecule has 4 rings (SSSR count). The van der Waals surface area contributed by atoms with Crippen LogP contribution < -0.4 is 0 Å². The van der Waals surface area contributed by atoms with Gasteiger partial charge in [-0.2, -0.15) is 0 Å². The van der Waals surface area contributed by atoms with E-state index in [0.717, 1.165) is 22.2 Å². The molecule has 0 atom stereocenters. The number of phenolic OH excluding ortho intramolecular Hbond substituents is 1. The maximum Gasteiger partial charge on any atom is 0.338 e. The monoisotopic (exact) mass is 395 g/mol. The van der Waals surface area contributed by atoms with Gasteiger partial charge in [-0.25, -0.2) is 9.59 Å². The number of hydrogen-bond acceptors (Lipinski definition) is 5. The van der Waals surface area contributed by atoms with Crippen molar-refractivity contribution in [3.63, 3.8) is 0 Å². The van der Waals surface area contributed by atoms with Gasteiger partial charge in [0, 0.05) is 5.57 Å². The van der Waals surface area contributed by atoms with Gasteiger partial charge in [0.05, 0.1) is 5.56 Å². The van der Waals surface area contributed by atoms with Gasteiger partial charge in [-0.05, 0) is 62.2 Å². The van der Waals surface area contributed by atoms with Crippen molar-refractivity contribution in [2.24, 2.45) is 0 Å². The summed E-state index contributed by atoms with van der Waals surface area (Å²) in [6, 6.07) is 8.88. The number of carbonyl (C=O) groups excluding carboxylic acids is 2. The molecular formula is C21H21N3O5. The number of aromatic nitrogens is 3. The van der Waals surface area contributed by atoms with Crippen molar-refractivity contribution < 1.29 is 24.2 Å². The van der Waals surface area contributed by atoms with Crippen LogP contribution in [0.1, 0.15) is 28.4 Å². The molecule has 1 N–H and O–H groups in total. The van der Waals surface area contributed by atoms with E-state index in [2.05, 4.69) is 6.58 Å². The molecular weight excluding hydrogens is 374 g/mol. The van der Waals surface area contributed by atoms with Crippen LogP contribution in [0.2, 0.25) is 0 Å². The Morgan fingerprint density at radius 2 is 1.66 bits per heavy atom. The van der Waals surface area contributed by atoms with Crippen LogP contribution in [0, 0.1) is 13.8 Å². The zero-order valence-electron chi connectivity index (χ0n) is 16.4. The van der Waals surface area contributed by atoms with E-state index in [1.165, 1.54) is 0 Å². The Hall–Kier alpha value is -3.68. The molecule has 0 aliphatic carbocycles. The molecule has 0 radical (unpaired) electrons. The molecule has 0 saturated carbocycles. The SMILES string of the molecule is C=C(C)C(=O)OCCOC(=O)c1ccc2c(c1)n1n(-c3cc(C)c(C)cc3O)n21. The number of phenols is 1. The zero-order valence-corrected chi connectivity index (χ0v) is 16.4. The number of esters is 2. The van der Waals surface area contributed by atoms with Gasteiger partial charge in [0.25, 0.3) is 0 Å². The molecule has 0 aliphatic rings. The van der Waals surface area contributed by atoms with Crippen molar-refractivity contribution in [1.82, 2.24) is 14.1 Å². The fraction of sp³-hybridized carbons (Fsp3) is 0.238. The summed E-state index contributed by atoms with van der Waals surface area (Å²) in [4.78, 5) is 25.4. The predicted octanol–water partition coefficient (Wildman–Crippen LogP) is 3.02. The van der Waals surface area contributed by atoms with E-state index >= 15 is 0 Å². The number of fused-ring (bicyclic) bond motifs is 4. The molecule has 8 heteroatoms. The van der Waals surface area contributed by atoms with Crippen molar-refractivity contribution in [2.45, 2.75) is 20.8 Å². The summed E-state index contributed by atoms with van der Waals surface area (Å²) in [5.41, 5.74) is 5.22. The molecule has 0 bridgehead atoms. The lowest BCUT2D eigenvalue weighted by Crippen LogP contribution is -2.14. The van der Waals surface area contributed by atoms with Crippen molar-refractivity contribution in [3.05, 3.63) is 59.2 Å². The minimum atomic E-state index is -0.515. The fourth-order valence-electron chi connectivity index (χ4n) is 3.10. The maximum absolute atomic E-state index is 12.3. The summed E-state index contributed by atoms with van der Waals surface area (Å²) in [6.07, 6.45) is 0. The van der Waals surface area contributed by atoms with E-state index in [0.29, 0.717) is 16.8 Å². The van der Waals surface area contributed by atoms with Crippen molar-refractivity contribution in [2.75, 3.05) is 13.2 Å². The maximum atomic E-state index is 12.3. The van der Waals surface area contributed by atoms with Crippen molar-refractivity contribution in [1.29, 1.82) is 0 Å². The minimum absolute atomic E-state index is 0.0257. The largest absolute Gasteiger partial charge is 0.506 e. The van der Waals surface area contributed by atoms with Gasteiger partial charge in [-0.1, -0.05) is 6.58 Å². The molecule has 4 aromatic rings. The summed E-state index contributed by atoms with van der Waals surface area (Å²) < 4.78 is 13.8. The summed E-state index contributed by atoms with van der Waals surface area (Å²) in [5.74, 6) is -0.823. The van der Waals surface area contributed by atoms with Crippen LogP contribution in [-0.2, 0) is 14.3 Å². The lowest BCUT2D eigenvalue weighted by atomic mass is 10.1. The summed E-state index contributed by atoms with van der Waals surface area (Å²) >= 11 is 0. The first kappa shape index (κ1) is 18.7. The van der Waals surface area contributed by atoms with Gasteiger partial charge >= 0.3 is 11.9 Å². The van der Waals surface area contributed by atoms with Crippen LogP contribution in [-0.4, -0.2) is 44.3 Å². The van der Waals surface area contributed by atoms with Gasteiger partial charge in [0.1, 0.15) is 35.7 Å². The molecule has 0 amide bonds. The second-order valence-electron chi connectivity index (χ2n) is 7.05. The molecule has 2 heterocycles. The minimum Gasteiger partial charge on any atom is -0.506 e. The third-order valence-electron chi connectivity index (χ3n) is 4.85. The average Bonchev–Trinajstić information content (AvgIpc) is 3.33. The van der Waals surface area contributed by atoms with E-state index in [1.807, 2.05) is 40.0 Å². The van der Waals surface area contributed by atoms with Crippen LogP contribution in [0.3, 0.4) is 0 Å². The molecule has 0 aliphatic heterocycles. The zero-order chi connectivity index (χ0) is 20.9. The van der Waals surface area contributed by atoms with Crippen molar-refractivity contribution in [3.8, 4) is 11.4 Å². The van der Waals surface area contributed by atoms with Crippen LogP contribution in [0.5, 0.6) is 5.75 Å². The predicted molar refractivity (Wildman–Crippen MR) is 106 cm³/mol. The second-order valence-corrected chi connectivity index (χ2v) is 7.05. The standard InChI is InChI=1S/C21H21N3O5/c1-12(2)20(26)28-7-8-29-21(27)15-5-6-16-17(11-15)23-22(16)24(23)18-9-13(3)14(4)10-19(18)25/h5-6,9-11,25H,1,7-8H2,2-4H3. The number of ether oxygens (including phenoxy) is 2.